The lowest BCUT2D eigenvalue weighted by Crippen LogP contribution is -2.25. The third-order valence-corrected chi connectivity index (χ3v) is 5.91. The molecule has 0 aromatic carbocycles. The van der Waals surface area contributed by atoms with Crippen LogP contribution in [0, 0.1) is 5.92 Å². The van der Waals surface area contributed by atoms with Crippen molar-refractivity contribution in [2.45, 2.75) is 51.5 Å². The molecule has 0 spiro atoms. The van der Waals surface area contributed by atoms with E-state index in [-0.39, 0.29) is 5.91 Å². The Morgan fingerprint density at radius 3 is 3.04 bits per heavy atom. The van der Waals surface area contributed by atoms with E-state index < -0.39 is 0 Å². The molecule has 122 valence electrons. The van der Waals surface area contributed by atoms with E-state index in [9.17, 15) is 4.79 Å². The van der Waals surface area contributed by atoms with Crippen LogP contribution in [0.5, 0.6) is 0 Å². The number of thiophene rings is 1. The molecule has 1 atom stereocenters. The van der Waals surface area contributed by atoms with Crippen molar-refractivity contribution in [2.75, 3.05) is 7.05 Å². The molecule has 2 heterocycles. The molecule has 1 unspecified atom stereocenters. The molecule has 2 aromatic rings. The van der Waals surface area contributed by atoms with Crippen molar-refractivity contribution < 1.29 is 9.32 Å². The van der Waals surface area contributed by atoms with Crippen LogP contribution in [0.15, 0.2) is 10.6 Å². The van der Waals surface area contributed by atoms with E-state index in [1.165, 1.54) is 16.9 Å². The largest absolute Gasteiger partial charge is 0.337 e. The zero-order chi connectivity index (χ0) is 16.0. The first-order valence-corrected chi connectivity index (χ1v) is 9.11. The van der Waals surface area contributed by atoms with Crippen LogP contribution in [0.4, 0.5) is 0 Å². The van der Waals surface area contributed by atoms with E-state index in [2.05, 4.69) is 23.1 Å². The predicted molar refractivity (Wildman–Crippen MR) is 87.6 cm³/mol. The van der Waals surface area contributed by atoms with Crippen molar-refractivity contribution in [1.29, 1.82) is 0 Å². The average molecular weight is 331 g/mol. The topological polar surface area (TPSA) is 59.2 Å². The van der Waals surface area contributed by atoms with Gasteiger partial charge in [0, 0.05) is 17.8 Å². The summed E-state index contributed by atoms with van der Waals surface area (Å²) in [5, 5.41) is 4.00. The molecule has 0 radical (unpaired) electrons. The summed E-state index contributed by atoms with van der Waals surface area (Å²) in [5.74, 6) is 2.55. The first-order chi connectivity index (χ1) is 11.1. The molecule has 0 N–H and O–H groups in total. The molecule has 2 aliphatic rings. The van der Waals surface area contributed by atoms with Gasteiger partial charge in [0.05, 0.1) is 4.88 Å². The average Bonchev–Trinajstić information content (AvgIpc) is 3.13. The Morgan fingerprint density at radius 1 is 1.43 bits per heavy atom. The number of nitrogens with zero attached hydrogens (tertiary/aromatic N) is 3. The smallest absolute Gasteiger partial charge is 0.264 e. The van der Waals surface area contributed by atoms with Crippen molar-refractivity contribution >= 4 is 17.2 Å². The first-order valence-electron chi connectivity index (χ1n) is 8.29. The summed E-state index contributed by atoms with van der Waals surface area (Å²) >= 11 is 1.65. The normalized spacial score (nSPS) is 20.3. The van der Waals surface area contributed by atoms with Gasteiger partial charge in [-0.1, -0.05) is 12.1 Å². The maximum absolute atomic E-state index is 12.6. The van der Waals surface area contributed by atoms with Crippen molar-refractivity contribution in [3.63, 3.8) is 0 Å². The number of aryl methyl sites for hydroxylation is 1. The second kappa shape index (κ2) is 5.74. The van der Waals surface area contributed by atoms with E-state index in [0.717, 1.165) is 42.3 Å². The van der Waals surface area contributed by atoms with Crippen LogP contribution in [0.1, 0.15) is 63.9 Å². The molecule has 0 saturated heterocycles. The highest BCUT2D eigenvalue weighted by Crippen LogP contribution is 2.38. The molecule has 6 heteroatoms. The van der Waals surface area contributed by atoms with Crippen LogP contribution in [0.25, 0.3) is 0 Å². The molecule has 5 nitrogen and oxygen atoms in total. The summed E-state index contributed by atoms with van der Waals surface area (Å²) in [5.41, 5.74) is 1.36. The van der Waals surface area contributed by atoms with Crippen LogP contribution in [0.3, 0.4) is 0 Å². The van der Waals surface area contributed by atoms with E-state index in [1.54, 1.807) is 23.3 Å². The zero-order valence-electron chi connectivity index (χ0n) is 13.5. The minimum atomic E-state index is 0.0447. The summed E-state index contributed by atoms with van der Waals surface area (Å²) in [6.07, 6.45) is 5.71. The van der Waals surface area contributed by atoms with Crippen LogP contribution in [0.2, 0.25) is 0 Å². The van der Waals surface area contributed by atoms with E-state index in [4.69, 9.17) is 4.52 Å². The molecule has 0 bridgehead atoms. The lowest BCUT2D eigenvalue weighted by molar-refractivity contribution is 0.0774. The molecule has 23 heavy (non-hydrogen) atoms. The van der Waals surface area contributed by atoms with E-state index in [1.807, 2.05) is 0 Å². The quantitative estimate of drug-likeness (QED) is 0.861. The van der Waals surface area contributed by atoms with E-state index >= 15 is 0 Å². The SMILES string of the molecule is CC1CCc2sc(C(=O)N(C)Cc3nc(C4CC4)no3)cc2C1. The third-order valence-electron chi connectivity index (χ3n) is 4.69. The number of rotatable bonds is 4. The molecule has 1 amide bonds. The Morgan fingerprint density at radius 2 is 2.26 bits per heavy atom. The Bertz CT molecular complexity index is 732. The maximum atomic E-state index is 12.6. The maximum Gasteiger partial charge on any atom is 0.264 e. The molecule has 1 fully saturated rings. The van der Waals surface area contributed by atoms with Gasteiger partial charge in [-0.2, -0.15) is 4.98 Å². The molecule has 2 aromatic heterocycles. The number of hydrogen-bond acceptors (Lipinski definition) is 5. The van der Waals surface area contributed by atoms with Gasteiger partial charge in [-0.05, 0) is 49.7 Å². The second-order valence-corrected chi connectivity index (χ2v) is 8.03. The van der Waals surface area contributed by atoms with Gasteiger partial charge in [0.15, 0.2) is 5.82 Å². The van der Waals surface area contributed by atoms with Gasteiger partial charge in [0.1, 0.15) is 6.54 Å². The number of carbonyl (C=O) groups is 1. The molecule has 0 aliphatic heterocycles. The van der Waals surface area contributed by atoms with Crippen molar-refractivity contribution in [1.82, 2.24) is 15.0 Å². The second-order valence-electron chi connectivity index (χ2n) is 6.89. The van der Waals surface area contributed by atoms with Gasteiger partial charge in [0.2, 0.25) is 5.89 Å². The third kappa shape index (κ3) is 3.04. The summed E-state index contributed by atoms with van der Waals surface area (Å²) < 4.78 is 5.27. The lowest BCUT2D eigenvalue weighted by atomic mass is 9.90. The molecular weight excluding hydrogens is 310 g/mol. The minimum absolute atomic E-state index is 0.0447. The molecule has 4 rings (SSSR count). The van der Waals surface area contributed by atoms with Crippen molar-refractivity contribution in [2.24, 2.45) is 5.92 Å². The Labute approximate surface area is 139 Å². The van der Waals surface area contributed by atoms with Gasteiger partial charge < -0.3 is 9.42 Å². The molecule has 1 saturated carbocycles. The fourth-order valence-corrected chi connectivity index (χ4v) is 4.32. The summed E-state index contributed by atoms with van der Waals surface area (Å²) in [6.45, 7) is 2.65. The minimum Gasteiger partial charge on any atom is -0.337 e. The summed E-state index contributed by atoms with van der Waals surface area (Å²) in [4.78, 5) is 20.9. The number of amides is 1. The van der Waals surface area contributed by atoms with Gasteiger partial charge in [0.25, 0.3) is 5.91 Å². The first kappa shape index (κ1) is 14.9. The fourth-order valence-electron chi connectivity index (χ4n) is 3.11. The monoisotopic (exact) mass is 331 g/mol. The Kier molecular flexibility index (Phi) is 3.71. The summed E-state index contributed by atoms with van der Waals surface area (Å²) in [7, 11) is 1.80. The molecule has 2 aliphatic carbocycles. The predicted octanol–water partition coefficient (Wildman–Crippen LogP) is 3.41. The Balaban J connectivity index is 1.45. The highest BCUT2D eigenvalue weighted by atomic mass is 32.1. The van der Waals surface area contributed by atoms with E-state index in [0.29, 0.717) is 18.4 Å². The van der Waals surface area contributed by atoms with Crippen LogP contribution < -0.4 is 0 Å². The van der Waals surface area contributed by atoms with Crippen molar-refractivity contribution in [3.05, 3.63) is 33.1 Å². The summed E-state index contributed by atoms with van der Waals surface area (Å²) in [6, 6.07) is 2.08. The highest BCUT2D eigenvalue weighted by molar-refractivity contribution is 7.14. The molecular formula is C17H21N3O2S. The lowest BCUT2D eigenvalue weighted by Gasteiger charge is -2.16. The van der Waals surface area contributed by atoms with Crippen LogP contribution >= 0.6 is 11.3 Å². The van der Waals surface area contributed by atoms with Crippen molar-refractivity contribution in [3.8, 4) is 0 Å². The van der Waals surface area contributed by atoms with Crippen LogP contribution in [-0.4, -0.2) is 28.0 Å². The highest BCUT2D eigenvalue weighted by Gasteiger charge is 2.29. The van der Waals surface area contributed by atoms with Gasteiger partial charge >= 0.3 is 0 Å². The number of fused-ring (bicyclic) bond motifs is 1. The van der Waals surface area contributed by atoms with Gasteiger partial charge in [-0.15, -0.1) is 11.3 Å². The number of hydrogen-bond donors (Lipinski definition) is 0. The number of carbonyl (C=O) groups excluding carboxylic acids is 1. The van der Waals surface area contributed by atoms with Crippen LogP contribution in [-0.2, 0) is 19.4 Å². The number of aromatic nitrogens is 2. The fraction of sp³-hybridized carbons (Fsp3) is 0.588. The standard InChI is InChI=1S/C17H21N3O2S/c1-10-3-6-13-12(7-10)8-14(23-13)17(21)20(2)9-15-18-16(19-22-15)11-4-5-11/h8,10-11H,3-7,9H2,1-2H3. The zero-order valence-corrected chi connectivity index (χ0v) is 14.4. The van der Waals surface area contributed by atoms with Gasteiger partial charge in [-0.3, -0.25) is 4.79 Å². The Hall–Kier alpha value is -1.69. The van der Waals surface area contributed by atoms with Gasteiger partial charge in [-0.25, -0.2) is 0 Å².